The second kappa shape index (κ2) is 7.39. The van der Waals surface area contributed by atoms with Crippen molar-refractivity contribution in [2.75, 3.05) is 19.0 Å². The van der Waals surface area contributed by atoms with Crippen molar-refractivity contribution in [3.63, 3.8) is 0 Å². The molecule has 2 rings (SSSR count). The van der Waals surface area contributed by atoms with Gasteiger partial charge in [-0.15, -0.1) is 11.3 Å². The van der Waals surface area contributed by atoms with E-state index in [0.717, 1.165) is 5.56 Å². The van der Waals surface area contributed by atoms with Crippen LogP contribution in [0.25, 0.3) is 0 Å². The van der Waals surface area contributed by atoms with Crippen LogP contribution in [-0.4, -0.2) is 30.5 Å². The first kappa shape index (κ1) is 15.0. The molecule has 1 amide bonds. The number of rotatable bonds is 6. The molecule has 0 fully saturated rings. The number of hydrogen-bond acceptors (Lipinski definition) is 6. The minimum atomic E-state index is -0.499. The number of ether oxygens (including phenoxy) is 1. The van der Waals surface area contributed by atoms with Gasteiger partial charge in [-0.1, -0.05) is 30.3 Å². The number of benzene rings is 1. The van der Waals surface area contributed by atoms with Crippen molar-refractivity contribution >= 4 is 28.3 Å². The molecular weight excluding hydrogens is 290 g/mol. The van der Waals surface area contributed by atoms with E-state index in [0.29, 0.717) is 11.7 Å². The van der Waals surface area contributed by atoms with Gasteiger partial charge in [-0.3, -0.25) is 9.59 Å². The van der Waals surface area contributed by atoms with Crippen molar-refractivity contribution in [2.45, 2.75) is 6.54 Å². The monoisotopic (exact) mass is 305 g/mol. The van der Waals surface area contributed by atoms with Gasteiger partial charge in [0.05, 0.1) is 7.11 Å². The number of hydrogen-bond donors (Lipinski definition) is 2. The Morgan fingerprint density at radius 3 is 2.76 bits per heavy atom. The fraction of sp³-hybridized carbons (Fsp3) is 0.214. The third-order valence-electron chi connectivity index (χ3n) is 2.64. The number of thiazole rings is 1. The Labute approximate surface area is 126 Å². The summed E-state index contributed by atoms with van der Waals surface area (Å²) >= 11 is 1.34. The van der Waals surface area contributed by atoms with Crippen molar-refractivity contribution < 1.29 is 14.3 Å². The molecule has 7 heteroatoms. The van der Waals surface area contributed by atoms with Gasteiger partial charge in [-0.05, 0) is 5.56 Å². The van der Waals surface area contributed by atoms with Gasteiger partial charge in [0.2, 0.25) is 0 Å². The molecule has 6 nitrogen and oxygen atoms in total. The Kier molecular flexibility index (Phi) is 5.28. The molecule has 21 heavy (non-hydrogen) atoms. The van der Waals surface area contributed by atoms with Crippen LogP contribution in [0.5, 0.6) is 0 Å². The summed E-state index contributed by atoms with van der Waals surface area (Å²) < 4.78 is 4.45. The molecule has 0 spiro atoms. The van der Waals surface area contributed by atoms with Gasteiger partial charge in [0.25, 0.3) is 5.91 Å². The van der Waals surface area contributed by atoms with E-state index in [4.69, 9.17) is 0 Å². The number of nitrogens with zero attached hydrogens (tertiary/aromatic N) is 1. The van der Waals surface area contributed by atoms with Crippen molar-refractivity contribution in [1.82, 2.24) is 10.3 Å². The normalized spacial score (nSPS) is 9.95. The molecule has 1 aromatic heterocycles. The van der Waals surface area contributed by atoms with E-state index >= 15 is 0 Å². The number of esters is 1. The molecule has 0 aliphatic carbocycles. The number of carbonyl (C=O) groups is 2. The highest BCUT2D eigenvalue weighted by Gasteiger charge is 2.12. The maximum atomic E-state index is 11.8. The summed E-state index contributed by atoms with van der Waals surface area (Å²) in [5, 5.41) is 7.88. The molecule has 2 aromatic rings. The van der Waals surface area contributed by atoms with E-state index in [1.807, 2.05) is 30.3 Å². The minimum absolute atomic E-state index is 0.167. The Balaban J connectivity index is 1.86. The topological polar surface area (TPSA) is 80.3 Å². The smallest absolute Gasteiger partial charge is 0.325 e. The molecule has 0 saturated carbocycles. The second-order valence-electron chi connectivity index (χ2n) is 4.14. The van der Waals surface area contributed by atoms with Gasteiger partial charge in [0.1, 0.15) is 12.2 Å². The standard InChI is InChI=1S/C14H15N3O3S/c1-20-12(18)8-15-13(19)11-9-21-14(17-11)16-7-10-5-3-2-4-6-10/h2-6,9H,7-8H2,1H3,(H,15,19)(H,16,17). The van der Waals surface area contributed by atoms with E-state index in [2.05, 4.69) is 20.4 Å². The predicted octanol–water partition coefficient (Wildman–Crippen LogP) is 1.66. The molecule has 0 aliphatic rings. The van der Waals surface area contributed by atoms with Crippen LogP contribution in [0, 0.1) is 0 Å². The SMILES string of the molecule is COC(=O)CNC(=O)c1csc(NCc2ccccc2)n1. The Bertz CT molecular complexity index is 613. The zero-order chi connectivity index (χ0) is 15.1. The van der Waals surface area contributed by atoms with E-state index in [9.17, 15) is 9.59 Å². The van der Waals surface area contributed by atoms with Crippen LogP contribution in [0.15, 0.2) is 35.7 Å². The first-order chi connectivity index (χ1) is 10.2. The molecule has 0 saturated heterocycles. The zero-order valence-electron chi connectivity index (χ0n) is 11.5. The fourth-order valence-corrected chi connectivity index (χ4v) is 2.24. The van der Waals surface area contributed by atoms with E-state index in [1.165, 1.54) is 18.4 Å². The van der Waals surface area contributed by atoms with Crippen LogP contribution in [0.1, 0.15) is 16.1 Å². The number of aromatic nitrogens is 1. The highest BCUT2D eigenvalue weighted by molar-refractivity contribution is 7.13. The average Bonchev–Trinajstić information content (AvgIpc) is 3.00. The van der Waals surface area contributed by atoms with Crippen LogP contribution in [0.3, 0.4) is 0 Å². The highest BCUT2D eigenvalue weighted by Crippen LogP contribution is 2.16. The minimum Gasteiger partial charge on any atom is -0.468 e. The molecule has 1 heterocycles. The number of methoxy groups -OCH3 is 1. The Morgan fingerprint density at radius 2 is 2.05 bits per heavy atom. The van der Waals surface area contributed by atoms with Gasteiger partial charge >= 0.3 is 5.97 Å². The summed E-state index contributed by atoms with van der Waals surface area (Å²) in [7, 11) is 1.27. The van der Waals surface area contributed by atoms with Crippen LogP contribution in [-0.2, 0) is 16.1 Å². The molecule has 2 N–H and O–H groups in total. The maximum absolute atomic E-state index is 11.8. The van der Waals surface area contributed by atoms with Crippen molar-refractivity contribution in [1.29, 1.82) is 0 Å². The summed E-state index contributed by atoms with van der Waals surface area (Å²) in [6.07, 6.45) is 0. The Hall–Kier alpha value is -2.41. The number of anilines is 1. The molecular formula is C14H15N3O3S. The quantitative estimate of drug-likeness (QED) is 0.793. The molecule has 0 bridgehead atoms. The van der Waals surface area contributed by atoms with Crippen molar-refractivity contribution in [3.05, 3.63) is 47.0 Å². The molecule has 0 atom stereocenters. The predicted molar refractivity (Wildman–Crippen MR) is 80.2 cm³/mol. The van der Waals surface area contributed by atoms with Crippen LogP contribution >= 0.6 is 11.3 Å². The highest BCUT2D eigenvalue weighted by atomic mass is 32.1. The summed E-state index contributed by atoms with van der Waals surface area (Å²) in [6, 6.07) is 9.89. The van der Waals surface area contributed by atoms with Crippen LogP contribution < -0.4 is 10.6 Å². The summed E-state index contributed by atoms with van der Waals surface area (Å²) in [5.74, 6) is -0.898. The first-order valence-corrected chi connectivity index (χ1v) is 7.15. The van der Waals surface area contributed by atoms with Gasteiger partial charge in [-0.25, -0.2) is 4.98 Å². The lowest BCUT2D eigenvalue weighted by Gasteiger charge is -2.02. The molecule has 0 aliphatic heterocycles. The second-order valence-corrected chi connectivity index (χ2v) is 4.99. The van der Waals surface area contributed by atoms with E-state index < -0.39 is 11.9 Å². The van der Waals surface area contributed by atoms with E-state index in [1.54, 1.807) is 5.38 Å². The molecule has 110 valence electrons. The largest absolute Gasteiger partial charge is 0.468 e. The summed E-state index contributed by atoms with van der Waals surface area (Å²) in [6.45, 7) is 0.469. The summed E-state index contributed by atoms with van der Waals surface area (Å²) in [4.78, 5) is 26.9. The fourth-order valence-electron chi connectivity index (χ4n) is 1.55. The average molecular weight is 305 g/mol. The molecule has 0 radical (unpaired) electrons. The molecule has 0 unspecified atom stereocenters. The number of amides is 1. The van der Waals surface area contributed by atoms with Crippen molar-refractivity contribution in [2.24, 2.45) is 0 Å². The van der Waals surface area contributed by atoms with Gasteiger partial charge in [-0.2, -0.15) is 0 Å². The lowest BCUT2D eigenvalue weighted by atomic mass is 10.2. The number of nitrogens with one attached hydrogen (secondary N) is 2. The lowest BCUT2D eigenvalue weighted by Crippen LogP contribution is -2.30. The third-order valence-corrected chi connectivity index (χ3v) is 3.44. The van der Waals surface area contributed by atoms with Crippen LogP contribution in [0.4, 0.5) is 5.13 Å². The van der Waals surface area contributed by atoms with E-state index in [-0.39, 0.29) is 12.2 Å². The maximum Gasteiger partial charge on any atom is 0.325 e. The zero-order valence-corrected chi connectivity index (χ0v) is 12.3. The lowest BCUT2D eigenvalue weighted by molar-refractivity contribution is -0.139. The van der Waals surface area contributed by atoms with Gasteiger partial charge < -0.3 is 15.4 Å². The van der Waals surface area contributed by atoms with Crippen molar-refractivity contribution in [3.8, 4) is 0 Å². The summed E-state index contributed by atoms with van der Waals surface area (Å²) in [5.41, 5.74) is 1.41. The third kappa shape index (κ3) is 4.57. The van der Waals surface area contributed by atoms with Gasteiger partial charge in [0.15, 0.2) is 5.13 Å². The Morgan fingerprint density at radius 1 is 1.29 bits per heavy atom. The van der Waals surface area contributed by atoms with Gasteiger partial charge in [0, 0.05) is 11.9 Å². The number of carbonyl (C=O) groups excluding carboxylic acids is 2. The molecule has 1 aromatic carbocycles. The van der Waals surface area contributed by atoms with Crippen LogP contribution in [0.2, 0.25) is 0 Å². The first-order valence-electron chi connectivity index (χ1n) is 6.27.